The second-order valence-corrected chi connectivity index (χ2v) is 6.94. The highest BCUT2D eigenvalue weighted by atomic mass is 32.2. The van der Waals surface area contributed by atoms with E-state index in [2.05, 4.69) is 24.5 Å². The van der Waals surface area contributed by atoms with E-state index in [-0.39, 0.29) is 11.9 Å². The number of nitrogens with two attached hydrogens (primary N) is 1. The van der Waals surface area contributed by atoms with Crippen molar-refractivity contribution in [3.8, 4) is 0 Å². The quantitative estimate of drug-likeness (QED) is 0.691. The topological polar surface area (TPSA) is 84.2 Å². The van der Waals surface area contributed by atoms with Gasteiger partial charge in [0.15, 0.2) is 0 Å². The second-order valence-electron chi connectivity index (χ2n) is 5.96. The van der Waals surface area contributed by atoms with E-state index < -0.39 is 12.1 Å². The van der Waals surface area contributed by atoms with Crippen LogP contribution in [0.25, 0.3) is 0 Å². The summed E-state index contributed by atoms with van der Waals surface area (Å²) in [4.78, 5) is 23.1. The van der Waals surface area contributed by atoms with Gasteiger partial charge in [0.1, 0.15) is 6.04 Å². The van der Waals surface area contributed by atoms with Gasteiger partial charge in [0.2, 0.25) is 5.91 Å². The molecule has 2 unspecified atom stereocenters. The lowest BCUT2D eigenvalue weighted by molar-refractivity contribution is -0.123. The molecular weight excluding hydrogens is 262 g/mol. The van der Waals surface area contributed by atoms with Crippen molar-refractivity contribution >= 4 is 23.7 Å². The molecule has 3 amide bonds. The van der Waals surface area contributed by atoms with E-state index in [4.69, 9.17) is 5.73 Å². The van der Waals surface area contributed by atoms with Crippen LogP contribution in [0.5, 0.6) is 0 Å². The molecule has 1 saturated carbocycles. The van der Waals surface area contributed by atoms with Gasteiger partial charge in [0.25, 0.3) is 0 Å². The Morgan fingerprint density at radius 3 is 2.63 bits per heavy atom. The van der Waals surface area contributed by atoms with E-state index in [0.29, 0.717) is 11.8 Å². The van der Waals surface area contributed by atoms with Crippen LogP contribution in [-0.4, -0.2) is 36.0 Å². The molecule has 0 aliphatic heterocycles. The van der Waals surface area contributed by atoms with Crippen molar-refractivity contribution < 1.29 is 9.59 Å². The number of thioether (sulfide) groups is 1. The standard InChI is InChI=1S/C13H25N3O2S/c1-13(2)6-4-9(8-13)15-11(17)10(5-7-19-3)16-12(14)18/h9-10H,4-8H2,1-3H3,(H,15,17)(H3,14,16,18). The van der Waals surface area contributed by atoms with Crippen LogP contribution in [0.2, 0.25) is 0 Å². The molecule has 1 fully saturated rings. The minimum Gasteiger partial charge on any atom is -0.352 e. The summed E-state index contributed by atoms with van der Waals surface area (Å²) in [6.07, 6.45) is 5.69. The van der Waals surface area contributed by atoms with Gasteiger partial charge in [-0.3, -0.25) is 4.79 Å². The summed E-state index contributed by atoms with van der Waals surface area (Å²) in [5.41, 5.74) is 5.41. The largest absolute Gasteiger partial charge is 0.352 e. The molecule has 2 atom stereocenters. The van der Waals surface area contributed by atoms with Gasteiger partial charge in [-0.05, 0) is 43.1 Å². The van der Waals surface area contributed by atoms with Crippen molar-refractivity contribution in [1.29, 1.82) is 0 Å². The number of nitrogens with one attached hydrogen (secondary N) is 2. The molecule has 0 radical (unpaired) electrons. The molecule has 4 N–H and O–H groups in total. The Hall–Kier alpha value is -0.910. The fourth-order valence-electron chi connectivity index (χ4n) is 2.54. The fraction of sp³-hybridized carbons (Fsp3) is 0.846. The molecule has 0 saturated heterocycles. The Kier molecular flexibility index (Phi) is 5.97. The number of carbonyl (C=O) groups is 2. The maximum absolute atomic E-state index is 12.2. The average molecular weight is 287 g/mol. The van der Waals surface area contributed by atoms with E-state index in [1.165, 1.54) is 0 Å². The molecule has 0 bridgehead atoms. The predicted octanol–water partition coefficient (Wildman–Crippen LogP) is 1.47. The van der Waals surface area contributed by atoms with Crippen molar-refractivity contribution in [2.45, 2.75) is 51.6 Å². The van der Waals surface area contributed by atoms with Crippen LogP contribution in [0.1, 0.15) is 39.5 Å². The minimum atomic E-state index is -0.645. The molecule has 1 rings (SSSR count). The van der Waals surface area contributed by atoms with Gasteiger partial charge in [-0.25, -0.2) is 4.79 Å². The molecule has 0 heterocycles. The lowest BCUT2D eigenvalue weighted by atomic mass is 9.92. The normalized spacial score (nSPS) is 22.8. The molecule has 0 spiro atoms. The van der Waals surface area contributed by atoms with Gasteiger partial charge >= 0.3 is 6.03 Å². The third-order valence-corrected chi connectivity index (χ3v) is 4.20. The van der Waals surface area contributed by atoms with Crippen molar-refractivity contribution in [1.82, 2.24) is 10.6 Å². The first-order valence-electron chi connectivity index (χ1n) is 6.69. The van der Waals surface area contributed by atoms with Crippen molar-refractivity contribution in [3.63, 3.8) is 0 Å². The second kappa shape index (κ2) is 7.03. The first kappa shape index (κ1) is 16.1. The van der Waals surface area contributed by atoms with Crippen LogP contribution >= 0.6 is 11.8 Å². The molecule has 1 aliphatic rings. The van der Waals surface area contributed by atoms with Crippen molar-refractivity contribution in [2.24, 2.45) is 11.1 Å². The molecule has 0 aromatic carbocycles. The Bertz CT molecular complexity index is 334. The summed E-state index contributed by atoms with van der Waals surface area (Å²) < 4.78 is 0. The fourth-order valence-corrected chi connectivity index (χ4v) is 3.01. The predicted molar refractivity (Wildman–Crippen MR) is 79.1 cm³/mol. The third-order valence-electron chi connectivity index (χ3n) is 3.56. The van der Waals surface area contributed by atoms with E-state index >= 15 is 0 Å². The number of primary amides is 1. The van der Waals surface area contributed by atoms with E-state index in [1.807, 2.05) is 6.26 Å². The summed E-state index contributed by atoms with van der Waals surface area (Å²) in [5, 5.41) is 5.55. The highest BCUT2D eigenvalue weighted by molar-refractivity contribution is 7.98. The maximum atomic E-state index is 12.2. The van der Waals surface area contributed by atoms with Crippen LogP contribution < -0.4 is 16.4 Å². The Morgan fingerprint density at radius 1 is 1.47 bits per heavy atom. The molecular formula is C13H25N3O2S. The lowest BCUT2D eigenvalue weighted by Gasteiger charge is -2.21. The molecule has 19 heavy (non-hydrogen) atoms. The summed E-state index contributed by atoms with van der Waals surface area (Å²) in [6, 6.07) is -0.948. The van der Waals surface area contributed by atoms with Crippen molar-refractivity contribution in [3.05, 3.63) is 0 Å². The number of urea groups is 1. The van der Waals surface area contributed by atoms with Crippen molar-refractivity contribution in [2.75, 3.05) is 12.0 Å². The molecule has 0 aromatic heterocycles. The molecule has 6 heteroatoms. The van der Waals surface area contributed by atoms with Crippen LogP contribution in [0, 0.1) is 5.41 Å². The SMILES string of the molecule is CSCCC(NC(N)=O)C(=O)NC1CCC(C)(C)C1. The van der Waals surface area contributed by atoms with Crippen LogP contribution in [-0.2, 0) is 4.79 Å². The molecule has 1 aliphatic carbocycles. The number of carbonyl (C=O) groups excluding carboxylic acids is 2. The zero-order chi connectivity index (χ0) is 14.5. The van der Waals surface area contributed by atoms with Crippen LogP contribution in [0.4, 0.5) is 4.79 Å². The number of rotatable bonds is 6. The monoisotopic (exact) mass is 287 g/mol. The number of amides is 3. The van der Waals surface area contributed by atoms with Gasteiger partial charge in [-0.1, -0.05) is 13.8 Å². The Balaban J connectivity index is 2.49. The van der Waals surface area contributed by atoms with Gasteiger partial charge in [0, 0.05) is 6.04 Å². The third kappa shape index (κ3) is 5.72. The molecule has 5 nitrogen and oxygen atoms in total. The summed E-state index contributed by atoms with van der Waals surface area (Å²) >= 11 is 1.64. The first-order valence-corrected chi connectivity index (χ1v) is 8.09. The highest BCUT2D eigenvalue weighted by Gasteiger charge is 2.33. The minimum absolute atomic E-state index is 0.115. The van der Waals surface area contributed by atoms with Gasteiger partial charge in [-0.15, -0.1) is 0 Å². The van der Waals surface area contributed by atoms with Gasteiger partial charge < -0.3 is 16.4 Å². The van der Waals surface area contributed by atoms with Gasteiger partial charge in [-0.2, -0.15) is 11.8 Å². The zero-order valence-electron chi connectivity index (χ0n) is 12.0. The van der Waals surface area contributed by atoms with Crippen LogP contribution in [0.3, 0.4) is 0 Å². The maximum Gasteiger partial charge on any atom is 0.312 e. The van der Waals surface area contributed by atoms with Crippen LogP contribution in [0.15, 0.2) is 0 Å². The molecule has 0 aromatic rings. The van der Waals surface area contributed by atoms with E-state index in [0.717, 1.165) is 25.0 Å². The summed E-state index contributed by atoms with van der Waals surface area (Å²) in [5.74, 6) is 0.699. The van der Waals surface area contributed by atoms with E-state index in [1.54, 1.807) is 11.8 Å². The number of hydrogen-bond donors (Lipinski definition) is 3. The van der Waals surface area contributed by atoms with Gasteiger partial charge in [0.05, 0.1) is 0 Å². The summed E-state index contributed by atoms with van der Waals surface area (Å²) in [7, 11) is 0. The summed E-state index contributed by atoms with van der Waals surface area (Å²) in [6.45, 7) is 4.43. The lowest BCUT2D eigenvalue weighted by Crippen LogP contribution is -2.51. The highest BCUT2D eigenvalue weighted by Crippen LogP contribution is 2.36. The Labute approximate surface area is 119 Å². The Morgan fingerprint density at radius 2 is 2.16 bits per heavy atom. The molecule has 110 valence electrons. The smallest absolute Gasteiger partial charge is 0.312 e. The van der Waals surface area contributed by atoms with E-state index in [9.17, 15) is 9.59 Å². The average Bonchev–Trinajstić information content (AvgIpc) is 2.63. The number of hydrogen-bond acceptors (Lipinski definition) is 3. The first-order chi connectivity index (χ1) is 8.84. The zero-order valence-corrected chi connectivity index (χ0v) is 12.8.